The lowest BCUT2D eigenvalue weighted by molar-refractivity contribution is -0.137. The van der Waals surface area contributed by atoms with Crippen LogP contribution in [0.3, 0.4) is 0 Å². The minimum Gasteiger partial charge on any atom is -0.319 e. The summed E-state index contributed by atoms with van der Waals surface area (Å²) in [5.74, 6) is -0.0898. The van der Waals surface area contributed by atoms with E-state index < -0.39 is 0 Å². The highest BCUT2D eigenvalue weighted by atomic mass is 19.1. The molecule has 2 heteroatoms. The molecular formula is C14H18FN. The number of aryl methyl sites for hydroxylation is 1. The normalized spacial score (nSPS) is 35.4. The van der Waals surface area contributed by atoms with Gasteiger partial charge < -0.3 is 5.32 Å². The van der Waals surface area contributed by atoms with E-state index in [-0.39, 0.29) is 5.82 Å². The Morgan fingerprint density at radius 1 is 1.31 bits per heavy atom. The first-order chi connectivity index (χ1) is 7.59. The van der Waals surface area contributed by atoms with E-state index in [1.165, 1.54) is 30.4 Å². The van der Waals surface area contributed by atoms with Crippen molar-refractivity contribution in [3.63, 3.8) is 0 Å². The first-order valence-electron chi connectivity index (χ1n) is 6.01. The van der Waals surface area contributed by atoms with Crippen molar-refractivity contribution in [1.82, 2.24) is 5.32 Å². The van der Waals surface area contributed by atoms with E-state index >= 15 is 0 Å². The van der Waals surface area contributed by atoms with E-state index in [0.717, 1.165) is 6.54 Å². The van der Waals surface area contributed by atoms with Gasteiger partial charge in [0.2, 0.25) is 0 Å². The Hall–Kier alpha value is -0.890. The van der Waals surface area contributed by atoms with Gasteiger partial charge >= 0.3 is 0 Å². The predicted molar refractivity (Wildman–Crippen MR) is 63.0 cm³/mol. The molecule has 3 saturated carbocycles. The second-order valence-corrected chi connectivity index (χ2v) is 5.80. The average Bonchev–Trinajstić information content (AvgIpc) is 2.13. The monoisotopic (exact) mass is 219 g/mol. The fourth-order valence-corrected chi connectivity index (χ4v) is 4.01. The maximum absolute atomic E-state index is 13.3. The highest BCUT2D eigenvalue weighted by Gasteiger charge is 2.67. The third-order valence-electron chi connectivity index (χ3n) is 4.46. The van der Waals surface area contributed by atoms with E-state index in [1.54, 1.807) is 12.1 Å². The van der Waals surface area contributed by atoms with Gasteiger partial charge in [-0.15, -0.1) is 0 Å². The summed E-state index contributed by atoms with van der Waals surface area (Å²) in [4.78, 5) is 0. The Morgan fingerprint density at radius 2 is 2.00 bits per heavy atom. The molecule has 1 aromatic carbocycles. The van der Waals surface area contributed by atoms with Crippen molar-refractivity contribution in [3.05, 3.63) is 35.1 Å². The van der Waals surface area contributed by atoms with Gasteiger partial charge in [-0.2, -0.15) is 0 Å². The van der Waals surface area contributed by atoms with Crippen molar-refractivity contribution < 1.29 is 4.39 Å². The van der Waals surface area contributed by atoms with Gasteiger partial charge in [0.05, 0.1) is 0 Å². The van der Waals surface area contributed by atoms with Crippen molar-refractivity contribution >= 4 is 0 Å². The minimum atomic E-state index is -0.0898. The lowest BCUT2D eigenvalue weighted by atomic mass is 9.33. The third-order valence-corrected chi connectivity index (χ3v) is 4.46. The third kappa shape index (κ3) is 1.20. The highest BCUT2D eigenvalue weighted by molar-refractivity contribution is 5.43. The molecule has 3 aliphatic carbocycles. The molecule has 86 valence electrons. The molecule has 0 radical (unpaired) electrons. The zero-order valence-electron chi connectivity index (χ0n) is 9.94. The Labute approximate surface area is 96.1 Å². The van der Waals surface area contributed by atoms with Crippen molar-refractivity contribution in [3.8, 4) is 0 Å². The second-order valence-electron chi connectivity index (χ2n) is 5.80. The van der Waals surface area contributed by atoms with Crippen LogP contribution in [0.25, 0.3) is 0 Å². The number of hydrogen-bond acceptors (Lipinski definition) is 1. The molecule has 3 aliphatic rings. The van der Waals surface area contributed by atoms with Crippen LogP contribution in [0, 0.1) is 18.2 Å². The van der Waals surface area contributed by atoms with Gasteiger partial charge in [0.25, 0.3) is 0 Å². The minimum absolute atomic E-state index is 0.0898. The van der Waals surface area contributed by atoms with Crippen molar-refractivity contribution in [2.45, 2.75) is 31.6 Å². The van der Waals surface area contributed by atoms with Crippen LogP contribution in [0.4, 0.5) is 4.39 Å². The van der Waals surface area contributed by atoms with Gasteiger partial charge in [0.1, 0.15) is 5.82 Å². The summed E-state index contributed by atoms with van der Waals surface area (Å²) in [5.41, 5.74) is 3.36. The van der Waals surface area contributed by atoms with Gasteiger partial charge in [-0.25, -0.2) is 4.39 Å². The van der Waals surface area contributed by atoms with E-state index in [1.807, 2.05) is 13.1 Å². The predicted octanol–water partition coefficient (Wildman–Crippen LogP) is 2.78. The molecular weight excluding hydrogens is 201 g/mol. The maximum atomic E-state index is 13.3. The Bertz CT molecular complexity index is 419. The Kier molecular flexibility index (Phi) is 1.97. The van der Waals surface area contributed by atoms with Gasteiger partial charge in [-0.3, -0.25) is 0 Å². The van der Waals surface area contributed by atoms with E-state index in [9.17, 15) is 4.39 Å². The highest BCUT2D eigenvalue weighted by Crippen LogP contribution is 2.73. The molecule has 1 N–H and O–H groups in total. The Morgan fingerprint density at radius 3 is 2.62 bits per heavy atom. The van der Waals surface area contributed by atoms with Crippen LogP contribution in [0.1, 0.15) is 30.4 Å². The molecule has 0 aromatic heterocycles. The summed E-state index contributed by atoms with van der Waals surface area (Å²) in [5, 5.41) is 3.27. The Balaban J connectivity index is 1.84. The van der Waals surface area contributed by atoms with Gasteiger partial charge in [-0.05, 0) is 67.3 Å². The van der Waals surface area contributed by atoms with Crippen LogP contribution in [0.2, 0.25) is 0 Å². The van der Waals surface area contributed by atoms with Crippen molar-refractivity contribution in [1.29, 1.82) is 0 Å². The topological polar surface area (TPSA) is 12.0 Å². The lowest BCUT2D eigenvalue weighted by Crippen LogP contribution is -2.67. The van der Waals surface area contributed by atoms with Crippen LogP contribution in [0.15, 0.2) is 18.2 Å². The fraction of sp³-hybridized carbons (Fsp3) is 0.571. The summed E-state index contributed by atoms with van der Waals surface area (Å²) in [7, 11) is 2.01. The number of benzene rings is 1. The number of hydrogen-bond donors (Lipinski definition) is 1. The molecule has 2 bridgehead atoms. The maximum Gasteiger partial charge on any atom is 0.123 e. The molecule has 3 fully saturated rings. The molecule has 4 rings (SSSR count). The zero-order valence-corrected chi connectivity index (χ0v) is 9.94. The number of rotatable bonds is 3. The number of nitrogens with one attached hydrogen (secondary N) is 1. The summed E-state index contributed by atoms with van der Waals surface area (Å²) in [6, 6.07) is 5.22. The van der Waals surface area contributed by atoms with Crippen LogP contribution in [0.5, 0.6) is 0 Å². The standard InChI is InChI=1S/C14H18FN/c1-10-3-4-11(15)5-12(10)14-6-13(7-14,8-14)9-16-2/h3-5,16H,6-9H2,1-2H3. The summed E-state index contributed by atoms with van der Waals surface area (Å²) < 4.78 is 13.3. The smallest absolute Gasteiger partial charge is 0.123 e. The average molecular weight is 219 g/mol. The van der Waals surface area contributed by atoms with E-state index in [0.29, 0.717) is 10.8 Å². The van der Waals surface area contributed by atoms with Crippen molar-refractivity contribution in [2.75, 3.05) is 13.6 Å². The summed E-state index contributed by atoms with van der Waals surface area (Å²) in [6.07, 6.45) is 3.72. The molecule has 16 heavy (non-hydrogen) atoms. The van der Waals surface area contributed by atoms with E-state index in [4.69, 9.17) is 0 Å². The van der Waals surface area contributed by atoms with Crippen LogP contribution in [-0.2, 0) is 5.41 Å². The van der Waals surface area contributed by atoms with Crippen LogP contribution < -0.4 is 5.32 Å². The fourth-order valence-electron chi connectivity index (χ4n) is 4.01. The molecule has 0 atom stereocenters. The van der Waals surface area contributed by atoms with Crippen LogP contribution in [-0.4, -0.2) is 13.6 Å². The quantitative estimate of drug-likeness (QED) is 0.824. The first kappa shape index (κ1) is 10.3. The molecule has 0 aliphatic heterocycles. The zero-order chi connectivity index (χ0) is 11.4. The molecule has 1 nitrogen and oxygen atoms in total. The van der Waals surface area contributed by atoms with Crippen molar-refractivity contribution in [2.24, 2.45) is 5.41 Å². The number of halogens is 1. The molecule has 0 saturated heterocycles. The van der Waals surface area contributed by atoms with Gasteiger partial charge in [0.15, 0.2) is 0 Å². The first-order valence-corrected chi connectivity index (χ1v) is 6.01. The molecule has 0 amide bonds. The van der Waals surface area contributed by atoms with Gasteiger partial charge in [0, 0.05) is 6.54 Å². The summed E-state index contributed by atoms with van der Waals surface area (Å²) in [6.45, 7) is 3.21. The second kappa shape index (κ2) is 3.07. The molecule has 1 aromatic rings. The molecule has 0 unspecified atom stereocenters. The van der Waals surface area contributed by atoms with Gasteiger partial charge in [-0.1, -0.05) is 6.07 Å². The SMILES string of the molecule is CNCC12CC(c3cc(F)ccc3C)(C1)C2. The summed E-state index contributed by atoms with van der Waals surface area (Å²) >= 11 is 0. The largest absolute Gasteiger partial charge is 0.319 e. The molecule has 0 spiro atoms. The van der Waals surface area contributed by atoms with E-state index in [2.05, 4.69) is 12.2 Å². The lowest BCUT2D eigenvalue weighted by Gasteiger charge is -2.71. The molecule has 0 heterocycles. The van der Waals surface area contributed by atoms with Crippen LogP contribution >= 0.6 is 0 Å².